The van der Waals surface area contributed by atoms with Crippen LogP contribution < -0.4 is 14.8 Å². The average Bonchev–Trinajstić information content (AvgIpc) is 3.14. The zero-order chi connectivity index (χ0) is 22.9. The molecule has 4 rings (SSSR count). The minimum atomic E-state index is -3.99. The number of rotatable bonds is 6. The van der Waals surface area contributed by atoms with Gasteiger partial charge in [-0.25, -0.2) is 12.8 Å². The summed E-state index contributed by atoms with van der Waals surface area (Å²) in [5, 5.41) is 10.2. The number of carbonyl (C=O) groups is 1. The van der Waals surface area contributed by atoms with Crippen LogP contribution >= 0.6 is 0 Å². The van der Waals surface area contributed by atoms with Crippen molar-refractivity contribution in [3.63, 3.8) is 0 Å². The van der Waals surface area contributed by atoms with Crippen LogP contribution in [0.15, 0.2) is 65.6 Å². The van der Waals surface area contributed by atoms with Crippen LogP contribution in [0.3, 0.4) is 0 Å². The summed E-state index contributed by atoms with van der Waals surface area (Å²) in [6.45, 7) is 1.38. The lowest BCUT2D eigenvalue weighted by Crippen LogP contribution is -2.13. The van der Waals surface area contributed by atoms with Gasteiger partial charge in [0.2, 0.25) is 5.91 Å². The molecule has 3 N–H and O–H groups in total. The van der Waals surface area contributed by atoms with Gasteiger partial charge in [0, 0.05) is 17.9 Å². The first-order valence-corrected chi connectivity index (χ1v) is 11.0. The fourth-order valence-corrected chi connectivity index (χ4v) is 4.36. The van der Waals surface area contributed by atoms with E-state index in [9.17, 15) is 17.6 Å². The van der Waals surface area contributed by atoms with Crippen LogP contribution in [0.4, 0.5) is 15.9 Å². The van der Waals surface area contributed by atoms with Gasteiger partial charge in [0.15, 0.2) is 5.82 Å². The Morgan fingerprint density at radius 3 is 2.62 bits per heavy atom. The minimum Gasteiger partial charge on any atom is -0.496 e. The predicted molar refractivity (Wildman–Crippen MR) is 120 cm³/mol. The Bertz CT molecular complexity index is 1430. The molecule has 0 bridgehead atoms. The van der Waals surface area contributed by atoms with Gasteiger partial charge >= 0.3 is 0 Å². The molecule has 3 aromatic carbocycles. The maximum absolute atomic E-state index is 13.5. The van der Waals surface area contributed by atoms with Crippen LogP contribution in [0.2, 0.25) is 0 Å². The molecule has 32 heavy (non-hydrogen) atoms. The molecular weight excluding hydrogens is 435 g/mol. The van der Waals surface area contributed by atoms with Gasteiger partial charge in [0.25, 0.3) is 10.0 Å². The van der Waals surface area contributed by atoms with Crippen LogP contribution in [0.5, 0.6) is 5.75 Å². The fraction of sp³-hybridized carbons (Fsp3) is 0.0909. The molecule has 0 aliphatic heterocycles. The van der Waals surface area contributed by atoms with E-state index < -0.39 is 15.8 Å². The second kappa shape index (κ2) is 8.31. The maximum atomic E-state index is 13.5. The third-order valence-corrected chi connectivity index (χ3v) is 6.11. The zero-order valence-electron chi connectivity index (χ0n) is 17.1. The molecule has 0 atom stereocenters. The number of aromatic amines is 1. The quantitative estimate of drug-likeness (QED) is 0.405. The first kappa shape index (κ1) is 21.3. The van der Waals surface area contributed by atoms with E-state index >= 15 is 0 Å². The Balaban J connectivity index is 1.78. The van der Waals surface area contributed by atoms with Gasteiger partial charge in [0.1, 0.15) is 11.6 Å². The van der Waals surface area contributed by atoms with Crippen LogP contribution in [0, 0.1) is 5.82 Å². The van der Waals surface area contributed by atoms with Gasteiger partial charge in [-0.2, -0.15) is 5.10 Å². The topological polar surface area (TPSA) is 113 Å². The van der Waals surface area contributed by atoms with E-state index in [4.69, 9.17) is 4.74 Å². The molecule has 0 radical (unpaired) electrons. The van der Waals surface area contributed by atoms with Gasteiger partial charge in [0.05, 0.1) is 23.2 Å². The van der Waals surface area contributed by atoms with Gasteiger partial charge < -0.3 is 10.1 Å². The third kappa shape index (κ3) is 4.26. The third-order valence-electron chi connectivity index (χ3n) is 4.73. The van der Waals surface area contributed by atoms with Crippen molar-refractivity contribution in [1.29, 1.82) is 0 Å². The second-order valence-corrected chi connectivity index (χ2v) is 8.67. The number of amides is 1. The van der Waals surface area contributed by atoms with Crippen molar-refractivity contribution in [3.05, 3.63) is 66.5 Å². The van der Waals surface area contributed by atoms with E-state index in [1.54, 1.807) is 24.3 Å². The molecule has 4 aromatic rings. The van der Waals surface area contributed by atoms with Crippen LogP contribution in [0.25, 0.3) is 22.0 Å². The van der Waals surface area contributed by atoms with Gasteiger partial charge in [-0.1, -0.05) is 12.1 Å². The van der Waals surface area contributed by atoms with Crippen LogP contribution in [-0.2, 0) is 14.8 Å². The lowest BCUT2D eigenvalue weighted by molar-refractivity contribution is -0.114. The standard InChI is InChI=1S/C22H19FN4O4S/c1-13(28)24-22-19-10-14(6-8-20(19)25-26-22)18-12-17(7-9-21(18)31-2)32(29,30)27-16-5-3-4-15(23)11-16/h3-12,27H,1-2H3,(H2,24,25,26,28). The number of hydrogen-bond donors (Lipinski definition) is 3. The van der Waals surface area contributed by atoms with Crippen molar-refractivity contribution in [3.8, 4) is 16.9 Å². The van der Waals surface area contributed by atoms with Crippen molar-refractivity contribution < 1.29 is 22.3 Å². The summed E-state index contributed by atoms with van der Waals surface area (Å²) in [5.74, 6) is 0.00500. The smallest absolute Gasteiger partial charge is 0.261 e. The highest BCUT2D eigenvalue weighted by Crippen LogP contribution is 2.35. The summed E-state index contributed by atoms with van der Waals surface area (Å²) in [7, 11) is -2.51. The summed E-state index contributed by atoms with van der Waals surface area (Å²) in [5.41, 5.74) is 1.99. The highest BCUT2D eigenvalue weighted by atomic mass is 32.2. The molecule has 0 saturated heterocycles. The summed E-state index contributed by atoms with van der Waals surface area (Å²) in [6, 6.07) is 15.0. The summed E-state index contributed by atoms with van der Waals surface area (Å²) in [4.78, 5) is 11.4. The number of nitrogens with one attached hydrogen (secondary N) is 3. The number of halogens is 1. The Morgan fingerprint density at radius 1 is 1.09 bits per heavy atom. The van der Waals surface area contributed by atoms with E-state index in [2.05, 4.69) is 20.2 Å². The highest BCUT2D eigenvalue weighted by Gasteiger charge is 2.19. The Kier molecular flexibility index (Phi) is 5.54. The zero-order valence-corrected chi connectivity index (χ0v) is 18.0. The number of benzene rings is 3. The lowest BCUT2D eigenvalue weighted by Gasteiger charge is -2.13. The molecule has 0 aliphatic rings. The van der Waals surface area contributed by atoms with E-state index in [1.165, 1.54) is 44.4 Å². The lowest BCUT2D eigenvalue weighted by atomic mass is 10.0. The fourth-order valence-electron chi connectivity index (χ4n) is 3.29. The molecule has 0 spiro atoms. The van der Waals surface area contributed by atoms with E-state index in [-0.39, 0.29) is 16.5 Å². The second-order valence-electron chi connectivity index (χ2n) is 6.99. The van der Waals surface area contributed by atoms with Crippen molar-refractivity contribution >= 4 is 38.3 Å². The van der Waals surface area contributed by atoms with Crippen molar-refractivity contribution in [2.75, 3.05) is 17.1 Å². The minimum absolute atomic E-state index is 0.0214. The molecule has 0 saturated carbocycles. The average molecular weight is 454 g/mol. The van der Waals surface area contributed by atoms with E-state index in [0.717, 1.165) is 6.07 Å². The molecule has 0 aliphatic carbocycles. The van der Waals surface area contributed by atoms with Gasteiger partial charge in [-0.3, -0.25) is 14.6 Å². The van der Waals surface area contributed by atoms with Crippen LogP contribution in [-0.4, -0.2) is 31.6 Å². The molecule has 1 aromatic heterocycles. The van der Waals surface area contributed by atoms with Crippen molar-refractivity contribution in [2.45, 2.75) is 11.8 Å². The SMILES string of the molecule is COc1ccc(S(=O)(=O)Nc2cccc(F)c2)cc1-c1ccc2[nH]nc(NC(C)=O)c2c1. The van der Waals surface area contributed by atoms with E-state index in [0.29, 0.717) is 33.6 Å². The Morgan fingerprint density at radius 2 is 1.91 bits per heavy atom. The normalized spacial score (nSPS) is 11.3. The highest BCUT2D eigenvalue weighted by molar-refractivity contribution is 7.92. The van der Waals surface area contributed by atoms with Crippen molar-refractivity contribution in [1.82, 2.24) is 10.2 Å². The predicted octanol–water partition coefficient (Wildman–Crippen LogP) is 4.14. The number of H-pyrrole nitrogens is 1. The first-order chi connectivity index (χ1) is 15.3. The van der Waals surface area contributed by atoms with Crippen molar-refractivity contribution in [2.24, 2.45) is 0 Å². The molecule has 10 heteroatoms. The maximum Gasteiger partial charge on any atom is 0.261 e. The summed E-state index contributed by atoms with van der Waals surface area (Å²) >= 11 is 0. The number of fused-ring (bicyclic) bond motifs is 1. The number of ether oxygens (including phenoxy) is 1. The summed E-state index contributed by atoms with van der Waals surface area (Å²) in [6.07, 6.45) is 0. The number of methoxy groups -OCH3 is 1. The molecule has 1 amide bonds. The van der Waals surface area contributed by atoms with E-state index in [1.807, 2.05) is 0 Å². The number of nitrogens with zero attached hydrogens (tertiary/aromatic N) is 1. The monoisotopic (exact) mass is 454 g/mol. The molecule has 1 heterocycles. The number of carbonyl (C=O) groups excluding carboxylic acids is 1. The number of hydrogen-bond acceptors (Lipinski definition) is 5. The molecule has 8 nitrogen and oxygen atoms in total. The number of sulfonamides is 1. The molecule has 0 unspecified atom stereocenters. The number of anilines is 2. The van der Waals surface area contributed by atoms with Gasteiger partial charge in [-0.05, 0) is 54.1 Å². The number of aromatic nitrogens is 2. The summed E-state index contributed by atoms with van der Waals surface area (Å²) < 4.78 is 47.1. The molecular formula is C22H19FN4O4S. The Hall–Kier alpha value is -3.92. The van der Waals surface area contributed by atoms with Crippen LogP contribution in [0.1, 0.15) is 6.92 Å². The largest absolute Gasteiger partial charge is 0.496 e. The molecule has 0 fully saturated rings. The Labute approximate surface area is 183 Å². The molecule has 164 valence electrons. The first-order valence-electron chi connectivity index (χ1n) is 9.49. The van der Waals surface area contributed by atoms with Gasteiger partial charge in [-0.15, -0.1) is 0 Å².